The molecule has 1 aromatic rings. The highest BCUT2D eigenvalue weighted by Gasteiger charge is 2.32. The lowest BCUT2D eigenvalue weighted by molar-refractivity contribution is -0.145. The molecular formula is C12H13NO5. The maximum absolute atomic E-state index is 11.4. The molecule has 1 aromatic carbocycles. The second-order valence-corrected chi connectivity index (χ2v) is 4.01. The van der Waals surface area contributed by atoms with Crippen molar-refractivity contribution in [1.29, 1.82) is 0 Å². The molecule has 1 aliphatic rings. The summed E-state index contributed by atoms with van der Waals surface area (Å²) < 4.78 is 9.96. The van der Waals surface area contributed by atoms with E-state index in [1.165, 1.54) is 13.2 Å². The number of carbonyl (C=O) groups excluding carboxylic acids is 1. The third kappa shape index (κ3) is 2.09. The van der Waals surface area contributed by atoms with Crippen LogP contribution in [0.4, 0.5) is 5.69 Å². The largest absolute Gasteiger partial charge is 0.478 e. The van der Waals surface area contributed by atoms with Crippen molar-refractivity contribution in [1.82, 2.24) is 0 Å². The Hall–Kier alpha value is -2.24. The smallest absolute Gasteiger partial charge is 0.347 e. The minimum atomic E-state index is -1.05. The lowest BCUT2D eigenvalue weighted by Crippen LogP contribution is -2.44. The van der Waals surface area contributed by atoms with Crippen molar-refractivity contribution >= 4 is 17.6 Å². The summed E-state index contributed by atoms with van der Waals surface area (Å²) in [7, 11) is 1.28. The zero-order valence-corrected chi connectivity index (χ0v) is 9.97. The molecule has 2 atom stereocenters. The van der Waals surface area contributed by atoms with Crippen LogP contribution in [0.2, 0.25) is 0 Å². The average Bonchev–Trinajstić information content (AvgIpc) is 2.36. The number of carbonyl (C=O) groups is 2. The first-order valence-corrected chi connectivity index (χ1v) is 5.41. The predicted molar refractivity (Wildman–Crippen MR) is 62.9 cm³/mol. The molecule has 0 aliphatic carbocycles. The van der Waals surface area contributed by atoms with Gasteiger partial charge in [-0.2, -0.15) is 0 Å². The van der Waals surface area contributed by atoms with E-state index in [0.717, 1.165) is 0 Å². The van der Waals surface area contributed by atoms with Gasteiger partial charge < -0.3 is 19.9 Å². The number of hydrogen-bond donors (Lipinski definition) is 2. The van der Waals surface area contributed by atoms with Crippen LogP contribution in [0.25, 0.3) is 0 Å². The van der Waals surface area contributed by atoms with Crippen LogP contribution in [-0.2, 0) is 9.53 Å². The fourth-order valence-corrected chi connectivity index (χ4v) is 1.81. The topological polar surface area (TPSA) is 84.9 Å². The van der Waals surface area contributed by atoms with E-state index in [1.807, 2.05) is 0 Å². The van der Waals surface area contributed by atoms with Gasteiger partial charge in [-0.05, 0) is 25.1 Å². The molecule has 0 bridgehead atoms. The van der Waals surface area contributed by atoms with E-state index >= 15 is 0 Å². The van der Waals surface area contributed by atoms with Crippen LogP contribution in [0.15, 0.2) is 18.2 Å². The van der Waals surface area contributed by atoms with Gasteiger partial charge in [-0.3, -0.25) is 0 Å². The van der Waals surface area contributed by atoms with Crippen LogP contribution < -0.4 is 10.1 Å². The molecular weight excluding hydrogens is 238 g/mol. The number of methoxy groups -OCH3 is 1. The summed E-state index contributed by atoms with van der Waals surface area (Å²) in [6.45, 7) is 1.72. The highest BCUT2D eigenvalue weighted by molar-refractivity contribution is 5.91. The quantitative estimate of drug-likeness (QED) is 0.766. The normalized spacial score (nSPS) is 21.2. The highest BCUT2D eigenvalue weighted by atomic mass is 16.5. The van der Waals surface area contributed by atoms with Crippen molar-refractivity contribution in [2.75, 3.05) is 12.4 Å². The van der Waals surface area contributed by atoms with Crippen molar-refractivity contribution in [3.63, 3.8) is 0 Å². The lowest BCUT2D eigenvalue weighted by atomic mass is 10.1. The van der Waals surface area contributed by atoms with Crippen LogP contribution in [-0.4, -0.2) is 36.3 Å². The summed E-state index contributed by atoms with van der Waals surface area (Å²) in [6.07, 6.45) is -0.981. The van der Waals surface area contributed by atoms with Crippen LogP contribution in [0.3, 0.4) is 0 Å². The number of fused-ring (bicyclic) bond motifs is 1. The van der Waals surface area contributed by atoms with Gasteiger partial charge in [0.05, 0.1) is 24.4 Å². The van der Waals surface area contributed by atoms with Crippen molar-refractivity contribution in [2.45, 2.75) is 19.1 Å². The molecule has 18 heavy (non-hydrogen) atoms. The summed E-state index contributed by atoms with van der Waals surface area (Å²) in [5.41, 5.74) is 0.976. The predicted octanol–water partition coefficient (Wildman–Crippen LogP) is 1.12. The molecule has 0 saturated carbocycles. The number of benzene rings is 1. The van der Waals surface area contributed by atoms with Crippen molar-refractivity contribution in [2.24, 2.45) is 0 Å². The van der Waals surface area contributed by atoms with Crippen molar-refractivity contribution < 1.29 is 24.2 Å². The van der Waals surface area contributed by atoms with Gasteiger partial charge in [0, 0.05) is 0 Å². The minimum absolute atomic E-state index is 0.316. The molecule has 2 unspecified atom stereocenters. The van der Waals surface area contributed by atoms with Crippen LogP contribution in [0, 0.1) is 0 Å². The van der Waals surface area contributed by atoms with E-state index < -0.39 is 18.0 Å². The second-order valence-electron chi connectivity index (χ2n) is 4.01. The highest BCUT2D eigenvalue weighted by Crippen LogP contribution is 2.32. The van der Waals surface area contributed by atoms with Crippen LogP contribution in [0.1, 0.15) is 17.3 Å². The molecule has 0 saturated heterocycles. The van der Waals surface area contributed by atoms with Gasteiger partial charge in [-0.25, -0.2) is 9.59 Å². The Kier molecular flexibility index (Phi) is 3.10. The number of esters is 1. The van der Waals surface area contributed by atoms with E-state index in [-0.39, 0.29) is 6.04 Å². The third-order valence-electron chi connectivity index (χ3n) is 2.74. The first kappa shape index (κ1) is 12.2. The van der Waals surface area contributed by atoms with Gasteiger partial charge >= 0.3 is 11.9 Å². The summed E-state index contributed by atoms with van der Waals surface area (Å²) in [4.78, 5) is 22.4. The molecule has 96 valence electrons. The van der Waals surface area contributed by atoms with Gasteiger partial charge in [-0.1, -0.05) is 0 Å². The third-order valence-corrected chi connectivity index (χ3v) is 2.74. The number of hydrogen-bond acceptors (Lipinski definition) is 5. The zero-order chi connectivity index (χ0) is 13.3. The minimum Gasteiger partial charge on any atom is -0.478 e. The summed E-state index contributed by atoms with van der Waals surface area (Å²) in [5.74, 6) is -1.21. The molecule has 0 amide bonds. The molecule has 0 radical (unpaired) electrons. The van der Waals surface area contributed by atoms with Gasteiger partial charge in [-0.15, -0.1) is 0 Å². The number of nitrogens with one attached hydrogen (secondary N) is 1. The maximum Gasteiger partial charge on any atom is 0.347 e. The van der Waals surface area contributed by atoms with E-state index in [9.17, 15) is 9.59 Å². The summed E-state index contributed by atoms with van der Waals surface area (Å²) in [5, 5.41) is 12.0. The van der Waals surface area contributed by atoms with E-state index in [2.05, 4.69) is 10.1 Å². The Labute approximate surface area is 104 Å². The maximum atomic E-state index is 11.4. The summed E-state index contributed by atoms with van der Waals surface area (Å²) in [6, 6.07) is 4.38. The fourth-order valence-electron chi connectivity index (χ4n) is 1.81. The van der Waals surface area contributed by atoms with Gasteiger partial charge in [0.1, 0.15) is 5.75 Å². The molecule has 1 aliphatic heterocycles. The number of carboxylic acids is 1. The standard InChI is InChI=1S/C12H13NO5/c1-6-10(11(14)15)18-9-5-7(12(16)17-2)3-4-8(9)13-6/h3-6,10,13H,1-2H3,(H,14,15). The number of aliphatic carboxylic acids is 1. The van der Waals surface area contributed by atoms with Gasteiger partial charge in [0.25, 0.3) is 0 Å². The Morgan fingerprint density at radius 3 is 2.78 bits per heavy atom. The molecule has 0 aromatic heterocycles. The average molecular weight is 251 g/mol. The molecule has 0 fully saturated rings. The Balaban J connectivity index is 2.33. The molecule has 2 N–H and O–H groups in total. The van der Waals surface area contributed by atoms with Gasteiger partial charge in [0.15, 0.2) is 0 Å². The SMILES string of the molecule is COC(=O)c1ccc2c(c1)OC(C(=O)O)C(C)N2. The number of anilines is 1. The second kappa shape index (κ2) is 4.56. The summed E-state index contributed by atoms with van der Waals surface area (Å²) >= 11 is 0. The first-order chi connectivity index (χ1) is 8.52. The van der Waals surface area contributed by atoms with E-state index in [4.69, 9.17) is 9.84 Å². The monoisotopic (exact) mass is 251 g/mol. The number of carboxylic acid groups (broad SMARTS) is 1. The lowest BCUT2D eigenvalue weighted by Gasteiger charge is -2.30. The van der Waals surface area contributed by atoms with E-state index in [1.54, 1.807) is 19.1 Å². The Bertz CT molecular complexity index is 499. The fraction of sp³-hybridized carbons (Fsp3) is 0.333. The number of ether oxygens (including phenoxy) is 2. The molecule has 6 heteroatoms. The molecule has 1 heterocycles. The molecule has 0 spiro atoms. The Morgan fingerprint density at radius 2 is 2.17 bits per heavy atom. The van der Waals surface area contributed by atoms with Crippen molar-refractivity contribution in [3.05, 3.63) is 23.8 Å². The zero-order valence-electron chi connectivity index (χ0n) is 9.97. The molecule has 2 rings (SSSR count). The molecule has 6 nitrogen and oxygen atoms in total. The number of rotatable bonds is 2. The Morgan fingerprint density at radius 1 is 1.44 bits per heavy atom. The van der Waals surface area contributed by atoms with Crippen LogP contribution in [0.5, 0.6) is 5.75 Å². The van der Waals surface area contributed by atoms with Crippen LogP contribution >= 0.6 is 0 Å². The van der Waals surface area contributed by atoms with Crippen molar-refractivity contribution in [3.8, 4) is 5.75 Å². The first-order valence-electron chi connectivity index (χ1n) is 5.41. The van der Waals surface area contributed by atoms with E-state index in [0.29, 0.717) is 17.0 Å². The van der Waals surface area contributed by atoms with Gasteiger partial charge in [0.2, 0.25) is 6.10 Å².